The fourth-order valence-electron chi connectivity index (χ4n) is 2.56. The average molecular weight is 212 g/mol. The summed E-state index contributed by atoms with van der Waals surface area (Å²) in [6.07, 6.45) is 0. The zero-order valence-electron chi connectivity index (χ0n) is 8.98. The Bertz CT molecular complexity index is 548. The monoisotopic (exact) mass is 212 g/mol. The summed E-state index contributed by atoms with van der Waals surface area (Å²) in [5.74, 6) is 0.118. The Morgan fingerprint density at radius 2 is 1.75 bits per heavy atom. The number of rotatable bonds is 1. The van der Waals surface area contributed by atoms with Crippen molar-refractivity contribution in [3.05, 3.63) is 53.6 Å². The molecule has 0 heterocycles. The van der Waals surface area contributed by atoms with Gasteiger partial charge in [0.15, 0.2) is 0 Å². The fourth-order valence-corrected chi connectivity index (χ4v) is 2.56. The van der Waals surface area contributed by atoms with E-state index < -0.39 is 0 Å². The predicted molar refractivity (Wildman–Crippen MR) is 63.4 cm³/mol. The Morgan fingerprint density at radius 1 is 1.00 bits per heavy atom. The highest BCUT2D eigenvalue weighted by atomic mass is 16.3. The van der Waals surface area contributed by atoms with Gasteiger partial charge in [-0.05, 0) is 34.4 Å². The molecular formula is C14H14NO+. The number of hydrogen-bond donors (Lipinski definition) is 2. The third-order valence-electron chi connectivity index (χ3n) is 3.30. The van der Waals surface area contributed by atoms with Gasteiger partial charge in [0.05, 0.1) is 6.61 Å². The molecule has 4 N–H and O–H groups in total. The van der Waals surface area contributed by atoms with E-state index in [1.807, 2.05) is 18.2 Å². The van der Waals surface area contributed by atoms with Crippen LogP contribution in [0.3, 0.4) is 0 Å². The largest absolute Gasteiger partial charge is 0.395 e. The highest BCUT2D eigenvalue weighted by molar-refractivity contribution is 5.79. The van der Waals surface area contributed by atoms with Gasteiger partial charge in [0.1, 0.15) is 5.69 Å². The van der Waals surface area contributed by atoms with Crippen LogP contribution in [-0.4, -0.2) is 11.7 Å². The molecule has 1 unspecified atom stereocenters. The van der Waals surface area contributed by atoms with Gasteiger partial charge in [-0.25, -0.2) is 0 Å². The molecule has 0 fully saturated rings. The molecule has 0 radical (unpaired) electrons. The van der Waals surface area contributed by atoms with Gasteiger partial charge in [0, 0.05) is 12.0 Å². The SMILES string of the molecule is [NH3+]c1ccc2c(c1)C(CO)c1ccccc1-2. The molecule has 1 atom stereocenters. The summed E-state index contributed by atoms with van der Waals surface area (Å²) in [5.41, 5.74) is 9.87. The molecule has 16 heavy (non-hydrogen) atoms. The van der Waals surface area contributed by atoms with Crippen LogP contribution in [0.15, 0.2) is 42.5 Å². The van der Waals surface area contributed by atoms with Crippen molar-refractivity contribution >= 4 is 5.69 Å². The second kappa shape index (κ2) is 3.44. The first-order valence-corrected chi connectivity index (χ1v) is 5.47. The minimum Gasteiger partial charge on any atom is -0.395 e. The Kier molecular flexibility index (Phi) is 2.06. The highest BCUT2D eigenvalue weighted by Crippen LogP contribution is 2.44. The van der Waals surface area contributed by atoms with Crippen LogP contribution in [0.1, 0.15) is 17.0 Å². The molecular weight excluding hydrogens is 198 g/mol. The average Bonchev–Trinajstić information content (AvgIpc) is 2.61. The van der Waals surface area contributed by atoms with Crippen LogP contribution in [0, 0.1) is 0 Å². The van der Waals surface area contributed by atoms with Crippen molar-refractivity contribution in [2.45, 2.75) is 5.92 Å². The van der Waals surface area contributed by atoms with Gasteiger partial charge < -0.3 is 10.8 Å². The van der Waals surface area contributed by atoms with Crippen molar-refractivity contribution in [3.63, 3.8) is 0 Å². The highest BCUT2D eigenvalue weighted by Gasteiger charge is 2.27. The Morgan fingerprint density at radius 3 is 2.56 bits per heavy atom. The van der Waals surface area contributed by atoms with Crippen molar-refractivity contribution in [1.29, 1.82) is 0 Å². The molecule has 0 amide bonds. The van der Waals surface area contributed by atoms with E-state index in [0.717, 1.165) is 5.69 Å². The standard InChI is InChI=1S/C14H13NO/c15-9-5-6-12-10-3-1-2-4-11(10)14(8-16)13(12)7-9/h1-7,14,16H,8,15H2/p+1. The zero-order chi connectivity index (χ0) is 11.1. The van der Waals surface area contributed by atoms with Gasteiger partial charge >= 0.3 is 0 Å². The van der Waals surface area contributed by atoms with Crippen LogP contribution in [0.2, 0.25) is 0 Å². The molecule has 1 aliphatic rings. The molecule has 0 aliphatic heterocycles. The Balaban J connectivity index is 2.29. The maximum Gasteiger partial charge on any atom is 0.128 e. The van der Waals surface area contributed by atoms with E-state index in [2.05, 4.69) is 30.0 Å². The third-order valence-corrected chi connectivity index (χ3v) is 3.30. The number of aliphatic hydroxyl groups excluding tert-OH is 1. The summed E-state index contributed by atoms with van der Waals surface area (Å²) < 4.78 is 0. The van der Waals surface area contributed by atoms with Crippen LogP contribution in [0.25, 0.3) is 11.1 Å². The van der Waals surface area contributed by atoms with Crippen LogP contribution in [0.4, 0.5) is 5.69 Å². The van der Waals surface area contributed by atoms with Gasteiger partial charge in [0.2, 0.25) is 0 Å². The molecule has 2 aromatic rings. The topological polar surface area (TPSA) is 47.9 Å². The lowest BCUT2D eigenvalue weighted by Crippen LogP contribution is -2.40. The Labute approximate surface area is 94.3 Å². The summed E-state index contributed by atoms with van der Waals surface area (Å²) in [6.45, 7) is 0.160. The van der Waals surface area contributed by atoms with Gasteiger partial charge in [-0.2, -0.15) is 0 Å². The first-order chi connectivity index (χ1) is 7.81. The number of hydrogen-bond acceptors (Lipinski definition) is 1. The lowest BCUT2D eigenvalue weighted by atomic mass is 9.98. The van der Waals surface area contributed by atoms with Crippen molar-refractivity contribution in [1.82, 2.24) is 0 Å². The fraction of sp³-hybridized carbons (Fsp3) is 0.143. The quantitative estimate of drug-likeness (QED) is 0.742. The van der Waals surface area contributed by atoms with E-state index in [9.17, 15) is 5.11 Å². The molecule has 0 aromatic heterocycles. The molecule has 80 valence electrons. The molecule has 0 saturated carbocycles. The molecule has 1 aliphatic carbocycles. The van der Waals surface area contributed by atoms with Crippen LogP contribution < -0.4 is 5.73 Å². The van der Waals surface area contributed by atoms with E-state index in [-0.39, 0.29) is 12.5 Å². The van der Waals surface area contributed by atoms with E-state index in [1.54, 1.807) is 0 Å². The van der Waals surface area contributed by atoms with E-state index >= 15 is 0 Å². The summed E-state index contributed by atoms with van der Waals surface area (Å²) in [7, 11) is 0. The second-order valence-electron chi connectivity index (χ2n) is 4.24. The maximum absolute atomic E-state index is 9.53. The molecule has 2 aromatic carbocycles. The van der Waals surface area contributed by atoms with Gasteiger partial charge in [-0.1, -0.05) is 24.3 Å². The minimum absolute atomic E-state index is 0.118. The predicted octanol–water partition coefficient (Wildman–Crippen LogP) is 1.66. The van der Waals surface area contributed by atoms with E-state index in [1.165, 1.54) is 22.3 Å². The van der Waals surface area contributed by atoms with Crippen LogP contribution in [-0.2, 0) is 0 Å². The molecule has 0 saturated heterocycles. The van der Waals surface area contributed by atoms with Crippen molar-refractivity contribution < 1.29 is 10.8 Å². The van der Waals surface area contributed by atoms with Crippen molar-refractivity contribution in [2.75, 3.05) is 6.61 Å². The minimum atomic E-state index is 0.118. The first kappa shape index (κ1) is 9.58. The van der Waals surface area contributed by atoms with Crippen LogP contribution in [0.5, 0.6) is 0 Å². The summed E-state index contributed by atoms with van der Waals surface area (Å²) in [6, 6.07) is 14.5. The number of benzene rings is 2. The molecule has 2 heteroatoms. The summed E-state index contributed by atoms with van der Waals surface area (Å²) >= 11 is 0. The van der Waals surface area contributed by atoms with Gasteiger partial charge in [0.25, 0.3) is 0 Å². The maximum atomic E-state index is 9.53. The van der Waals surface area contributed by atoms with Crippen molar-refractivity contribution in [3.8, 4) is 11.1 Å². The van der Waals surface area contributed by atoms with Gasteiger partial charge in [-0.15, -0.1) is 0 Å². The van der Waals surface area contributed by atoms with Crippen molar-refractivity contribution in [2.24, 2.45) is 0 Å². The van der Waals surface area contributed by atoms with Crippen LogP contribution >= 0.6 is 0 Å². The summed E-state index contributed by atoms with van der Waals surface area (Å²) in [4.78, 5) is 0. The normalized spacial score (nSPS) is 17.0. The van der Waals surface area contributed by atoms with E-state index in [0.29, 0.717) is 0 Å². The lowest BCUT2D eigenvalue weighted by molar-refractivity contribution is -0.254. The number of quaternary nitrogens is 1. The van der Waals surface area contributed by atoms with E-state index in [4.69, 9.17) is 0 Å². The lowest BCUT2D eigenvalue weighted by Gasteiger charge is -2.08. The molecule has 0 bridgehead atoms. The third kappa shape index (κ3) is 1.21. The molecule has 0 spiro atoms. The number of fused-ring (bicyclic) bond motifs is 3. The molecule has 2 nitrogen and oxygen atoms in total. The Hall–Kier alpha value is -1.64. The smallest absolute Gasteiger partial charge is 0.128 e. The zero-order valence-corrected chi connectivity index (χ0v) is 8.98. The summed E-state index contributed by atoms with van der Waals surface area (Å²) in [5, 5.41) is 9.53. The number of aliphatic hydroxyl groups is 1. The molecule has 3 rings (SSSR count). The second-order valence-corrected chi connectivity index (χ2v) is 4.24. The van der Waals surface area contributed by atoms with Gasteiger partial charge in [-0.3, -0.25) is 0 Å². The first-order valence-electron chi connectivity index (χ1n) is 5.47.